The van der Waals surface area contributed by atoms with Crippen LogP contribution in [0.3, 0.4) is 0 Å². The quantitative estimate of drug-likeness (QED) is 0.759. The third-order valence-electron chi connectivity index (χ3n) is 4.16. The van der Waals surface area contributed by atoms with Crippen LogP contribution in [-0.2, 0) is 4.74 Å². The van der Waals surface area contributed by atoms with Crippen molar-refractivity contribution in [2.45, 2.75) is 13.3 Å². The molecule has 1 unspecified atom stereocenters. The standard InChI is InChI=1S/C21H23N3O3/c1-3-13-27-19-14-17(20(25)16-11-7-8-12-18(16)26-2)21(22)23-24(19)15-9-5-4-6-10-15/h4-12,14,17H,3,13H2,1-2H3,(H2,22,23). The summed E-state index contributed by atoms with van der Waals surface area (Å²) in [4.78, 5) is 13.1. The minimum Gasteiger partial charge on any atom is -0.496 e. The number of carbonyl (C=O) groups is 1. The number of benzene rings is 2. The number of rotatable bonds is 7. The molecule has 0 aliphatic carbocycles. The van der Waals surface area contributed by atoms with Crippen LogP contribution in [0.25, 0.3) is 0 Å². The minimum absolute atomic E-state index is 0.181. The third-order valence-corrected chi connectivity index (χ3v) is 4.16. The molecule has 3 rings (SSSR count). The van der Waals surface area contributed by atoms with Crippen LogP contribution >= 0.6 is 0 Å². The van der Waals surface area contributed by atoms with Gasteiger partial charge in [0.25, 0.3) is 0 Å². The van der Waals surface area contributed by atoms with Gasteiger partial charge >= 0.3 is 0 Å². The summed E-state index contributed by atoms with van der Waals surface area (Å²) in [5.74, 6) is 0.307. The average Bonchev–Trinajstić information content (AvgIpc) is 2.72. The molecule has 1 atom stereocenters. The van der Waals surface area contributed by atoms with Crippen LogP contribution in [0.1, 0.15) is 23.7 Å². The zero-order chi connectivity index (χ0) is 19.2. The fourth-order valence-corrected chi connectivity index (χ4v) is 2.82. The number of carbonyl (C=O) groups excluding carboxylic acids is 1. The van der Waals surface area contributed by atoms with Crippen LogP contribution in [0.5, 0.6) is 5.75 Å². The van der Waals surface area contributed by atoms with Gasteiger partial charge in [-0.1, -0.05) is 37.3 Å². The topological polar surface area (TPSA) is 77.1 Å². The molecule has 0 bridgehead atoms. The molecule has 0 amide bonds. The van der Waals surface area contributed by atoms with Gasteiger partial charge in [0, 0.05) is 0 Å². The molecular weight excluding hydrogens is 342 g/mol. The molecule has 27 heavy (non-hydrogen) atoms. The van der Waals surface area contributed by atoms with Crippen LogP contribution in [0.2, 0.25) is 0 Å². The SMILES string of the molecule is CCCOC1=CC(C(=O)c2ccccc2OC)C(N)=NN1c1ccccc1. The summed E-state index contributed by atoms with van der Waals surface area (Å²) in [5, 5.41) is 6.07. The predicted octanol–water partition coefficient (Wildman–Crippen LogP) is 3.55. The Hall–Kier alpha value is -3.28. The molecule has 2 aromatic rings. The second kappa shape index (κ2) is 8.40. The first kappa shape index (κ1) is 18.5. The van der Waals surface area contributed by atoms with E-state index in [0.717, 1.165) is 12.1 Å². The van der Waals surface area contributed by atoms with E-state index >= 15 is 0 Å². The summed E-state index contributed by atoms with van der Waals surface area (Å²) in [6.45, 7) is 2.53. The van der Waals surface area contributed by atoms with E-state index in [1.807, 2.05) is 43.3 Å². The second-order valence-corrected chi connectivity index (χ2v) is 6.07. The van der Waals surface area contributed by atoms with Crippen molar-refractivity contribution >= 4 is 17.3 Å². The average molecular weight is 365 g/mol. The molecule has 2 aromatic carbocycles. The Morgan fingerprint density at radius 2 is 1.85 bits per heavy atom. The third kappa shape index (κ3) is 3.95. The van der Waals surface area contributed by atoms with Crippen molar-refractivity contribution in [3.8, 4) is 5.75 Å². The first-order valence-corrected chi connectivity index (χ1v) is 8.86. The Labute approximate surface area is 158 Å². The van der Waals surface area contributed by atoms with Gasteiger partial charge in [-0.2, -0.15) is 10.1 Å². The van der Waals surface area contributed by atoms with Crippen molar-refractivity contribution in [2.75, 3.05) is 18.7 Å². The van der Waals surface area contributed by atoms with Gasteiger partial charge in [0.05, 0.1) is 25.0 Å². The molecule has 0 saturated carbocycles. The lowest BCUT2D eigenvalue weighted by Gasteiger charge is -2.28. The van der Waals surface area contributed by atoms with E-state index in [-0.39, 0.29) is 11.6 Å². The van der Waals surface area contributed by atoms with Gasteiger partial charge in [-0.3, -0.25) is 4.79 Å². The molecule has 1 aliphatic rings. The zero-order valence-corrected chi connectivity index (χ0v) is 15.5. The molecule has 0 aromatic heterocycles. The number of nitrogens with zero attached hydrogens (tertiary/aromatic N) is 2. The molecule has 2 N–H and O–H groups in total. The Bertz CT molecular complexity index is 862. The predicted molar refractivity (Wildman–Crippen MR) is 106 cm³/mol. The van der Waals surface area contributed by atoms with Crippen LogP contribution < -0.4 is 15.5 Å². The van der Waals surface area contributed by atoms with E-state index in [2.05, 4.69) is 5.10 Å². The number of anilines is 1. The maximum Gasteiger partial charge on any atom is 0.212 e. The van der Waals surface area contributed by atoms with Crippen LogP contribution in [0.4, 0.5) is 5.69 Å². The molecule has 0 spiro atoms. The number of hydrogen-bond donors (Lipinski definition) is 1. The van der Waals surface area contributed by atoms with E-state index in [9.17, 15) is 4.79 Å². The number of ketones is 1. The lowest BCUT2D eigenvalue weighted by molar-refractivity contribution is 0.0963. The normalized spacial score (nSPS) is 16.4. The van der Waals surface area contributed by atoms with E-state index in [1.54, 1.807) is 29.3 Å². The molecule has 6 heteroatoms. The van der Waals surface area contributed by atoms with Crippen molar-refractivity contribution < 1.29 is 14.3 Å². The van der Waals surface area contributed by atoms with E-state index < -0.39 is 5.92 Å². The van der Waals surface area contributed by atoms with Crippen molar-refractivity contribution in [1.82, 2.24) is 0 Å². The number of para-hydroxylation sites is 2. The van der Waals surface area contributed by atoms with Gasteiger partial charge in [-0.15, -0.1) is 0 Å². The van der Waals surface area contributed by atoms with Crippen molar-refractivity contribution in [1.29, 1.82) is 0 Å². The summed E-state index contributed by atoms with van der Waals surface area (Å²) < 4.78 is 11.2. The van der Waals surface area contributed by atoms with Gasteiger partial charge in [0.1, 0.15) is 17.5 Å². The second-order valence-electron chi connectivity index (χ2n) is 6.07. The smallest absolute Gasteiger partial charge is 0.212 e. The van der Waals surface area contributed by atoms with Gasteiger partial charge in [-0.25, -0.2) is 0 Å². The monoisotopic (exact) mass is 365 g/mol. The highest BCUT2D eigenvalue weighted by Gasteiger charge is 2.31. The Morgan fingerprint density at radius 3 is 2.56 bits per heavy atom. The number of ether oxygens (including phenoxy) is 2. The Kier molecular flexibility index (Phi) is 5.76. The molecule has 1 aliphatic heterocycles. The van der Waals surface area contributed by atoms with Gasteiger partial charge in [0.15, 0.2) is 5.78 Å². The number of methoxy groups -OCH3 is 1. The highest BCUT2D eigenvalue weighted by molar-refractivity contribution is 6.14. The van der Waals surface area contributed by atoms with E-state index in [0.29, 0.717) is 23.8 Å². The van der Waals surface area contributed by atoms with Crippen LogP contribution in [-0.4, -0.2) is 25.3 Å². The van der Waals surface area contributed by atoms with Gasteiger partial charge in [0.2, 0.25) is 5.88 Å². The van der Waals surface area contributed by atoms with Gasteiger partial charge in [-0.05, 0) is 36.8 Å². The lowest BCUT2D eigenvalue weighted by atomic mass is 9.95. The van der Waals surface area contributed by atoms with E-state index in [4.69, 9.17) is 15.2 Å². The molecule has 140 valence electrons. The van der Waals surface area contributed by atoms with Crippen molar-refractivity contribution in [3.05, 3.63) is 72.1 Å². The molecule has 0 fully saturated rings. The van der Waals surface area contributed by atoms with Crippen molar-refractivity contribution in [2.24, 2.45) is 16.8 Å². The maximum atomic E-state index is 13.1. The maximum absolute atomic E-state index is 13.1. The molecule has 0 radical (unpaired) electrons. The van der Waals surface area contributed by atoms with Crippen LogP contribution in [0, 0.1) is 5.92 Å². The Balaban J connectivity index is 1.97. The number of amidine groups is 1. The number of hydrazone groups is 1. The Morgan fingerprint density at radius 1 is 1.15 bits per heavy atom. The molecule has 0 saturated heterocycles. The summed E-state index contributed by atoms with van der Waals surface area (Å²) >= 11 is 0. The highest BCUT2D eigenvalue weighted by atomic mass is 16.5. The molecule has 6 nitrogen and oxygen atoms in total. The first-order valence-electron chi connectivity index (χ1n) is 8.86. The molecule has 1 heterocycles. The summed E-state index contributed by atoms with van der Waals surface area (Å²) in [5.41, 5.74) is 7.45. The largest absolute Gasteiger partial charge is 0.496 e. The fourth-order valence-electron chi connectivity index (χ4n) is 2.82. The highest BCUT2D eigenvalue weighted by Crippen LogP contribution is 2.29. The molecular formula is C21H23N3O3. The summed E-state index contributed by atoms with van der Waals surface area (Å²) in [6.07, 6.45) is 2.56. The van der Waals surface area contributed by atoms with Crippen LogP contribution in [0.15, 0.2) is 71.7 Å². The summed E-state index contributed by atoms with van der Waals surface area (Å²) in [7, 11) is 1.53. The number of hydrogen-bond acceptors (Lipinski definition) is 6. The lowest BCUT2D eigenvalue weighted by Crippen LogP contribution is -2.38. The van der Waals surface area contributed by atoms with Gasteiger partial charge < -0.3 is 15.2 Å². The van der Waals surface area contributed by atoms with E-state index in [1.165, 1.54) is 7.11 Å². The number of nitrogens with two attached hydrogens (primary N) is 1. The van der Waals surface area contributed by atoms with Crippen molar-refractivity contribution in [3.63, 3.8) is 0 Å². The summed E-state index contributed by atoms with van der Waals surface area (Å²) in [6, 6.07) is 16.6. The minimum atomic E-state index is -0.715. The number of Topliss-reactive ketones (excluding diaryl/α,β-unsaturated/α-hetero) is 1. The fraction of sp³-hybridized carbons (Fsp3) is 0.238. The first-order chi connectivity index (χ1) is 13.2. The zero-order valence-electron chi connectivity index (χ0n) is 15.5.